The first-order chi connectivity index (χ1) is 14.7. The Morgan fingerprint density at radius 1 is 1.06 bits per heavy atom. The molecule has 2 aromatic carbocycles. The quantitative estimate of drug-likeness (QED) is 0.530. The van der Waals surface area contributed by atoms with Gasteiger partial charge in [0.1, 0.15) is 11.8 Å². The van der Waals surface area contributed by atoms with Gasteiger partial charge in [-0.25, -0.2) is 4.68 Å². The third-order valence-electron chi connectivity index (χ3n) is 4.48. The molecule has 0 aliphatic carbocycles. The molecule has 0 saturated carbocycles. The van der Waals surface area contributed by atoms with Gasteiger partial charge in [0, 0.05) is 6.54 Å². The van der Waals surface area contributed by atoms with E-state index in [1.165, 1.54) is 0 Å². The SMILES string of the molecule is Cc1nn(Cc2ccccc2)c(Cl)c1C(=O)NCc1ccc(COCC(F)(F)F)cc1. The lowest BCUT2D eigenvalue weighted by atomic mass is 10.1. The predicted octanol–water partition coefficient (Wildman–Crippen LogP) is 4.90. The molecule has 0 aliphatic rings. The summed E-state index contributed by atoms with van der Waals surface area (Å²) in [5.41, 5.74) is 3.25. The van der Waals surface area contributed by atoms with E-state index in [2.05, 4.69) is 15.2 Å². The molecule has 1 heterocycles. The second-order valence-electron chi connectivity index (χ2n) is 7.00. The number of halogens is 4. The Labute approximate surface area is 182 Å². The van der Waals surface area contributed by atoms with E-state index in [-0.39, 0.29) is 24.2 Å². The minimum Gasteiger partial charge on any atom is -0.367 e. The lowest BCUT2D eigenvalue weighted by Gasteiger charge is -2.09. The van der Waals surface area contributed by atoms with Crippen LogP contribution >= 0.6 is 11.6 Å². The Morgan fingerprint density at radius 2 is 1.71 bits per heavy atom. The summed E-state index contributed by atoms with van der Waals surface area (Å²) in [7, 11) is 0. The number of hydrogen-bond acceptors (Lipinski definition) is 3. The van der Waals surface area contributed by atoms with Gasteiger partial charge in [-0.2, -0.15) is 18.3 Å². The first-order valence-electron chi connectivity index (χ1n) is 9.50. The van der Waals surface area contributed by atoms with Crippen LogP contribution < -0.4 is 5.32 Å². The molecule has 31 heavy (non-hydrogen) atoms. The summed E-state index contributed by atoms with van der Waals surface area (Å²) in [6, 6.07) is 16.4. The summed E-state index contributed by atoms with van der Waals surface area (Å²) in [4.78, 5) is 12.7. The Kier molecular flexibility index (Phi) is 7.35. The number of alkyl halides is 3. The van der Waals surface area contributed by atoms with Crippen LogP contribution in [0, 0.1) is 6.92 Å². The second kappa shape index (κ2) is 9.98. The number of aromatic nitrogens is 2. The molecule has 0 radical (unpaired) electrons. The fourth-order valence-electron chi connectivity index (χ4n) is 2.98. The molecule has 1 N–H and O–H groups in total. The molecular formula is C22H21ClF3N3O2. The van der Waals surface area contributed by atoms with Crippen molar-refractivity contribution in [2.75, 3.05) is 6.61 Å². The van der Waals surface area contributed by atoms with Crippen LogP contribution in [0.1, 0.15) is 32.7 Å². The summed E-state index contributed by atoms with van der Waals surface area (Å²) in [5.74, 6) is -0.348. The molecule has 5 nitrogen and oxygen atoms in total. The maximum absolute atomic E-state index is 12.7. The highest BCUT2D eigenvalue weighted by Gasteiger charge is 2.27. The van der Waals surface area contributed by atoms with Crippen LogP contribution in [0.4, 0.5) is 13.2 Å². The minimum absolute atomic E-state index is 0.137. The molecule has 0 atom stereocenters. The normalized spacial score (nSPS) is 11.5. The third-order valence-corrected chi connectivity index (χ3v) is 4.86. The average molecular weight is 452 g/mol. The van der Waals surface area contributed by atoms with Gasteiger partial charge in [0.05, 0.1) is 24.4 Å². The highest BCUT2D eigenvalue weighted by molar-refractivity contribution is 6.33. The number of nitrogens with one attached hydrogen (secondary N) is 1. The molecule has 0 spiro atoms. The number of carbonyl (C=O) groups excluding carboxylic acids is 1. The van der Waals surface area contributed by atoms with E-state index in [4.69, 9.17) is 11.6 Å². The van der Waals surface area contributed by atoms with Gasteiger partial charge in [-0.15, -0.1) is 0 Å². The van der Waals surface area contributed by atoms with Gasteiger partial charge in [-0.1, -0.05) is 66.2 Å². The lowest BCUT2D eigenvalue weighted by molar-refractivity contribution is -0.176. The number of nitrogens with zero attached hydrogens (tertiary/aromatic N) is 2. The standard InChI is InChI=1S/C22H21ClF3N3O2/c1-15-19(20(23)29(28-15)12-17-5-3-2-4-6-17)21(30)27-11-16-7-9-18(10-8-16)13-31-14-22(24,25)26/h2-10H,11-14H2,1H3,(H,27,30). The summed E-state index contributed by atoms with van der Waals surface area (Å²) in [6.45, 7) is 0.982. The van der Waals surface area contributed by atoms with Crippen molar-refractivity contribution in [3.8, 4) is 0 Å². The third kappa shape index (κ3) is 6.57. The molecule has 3 rings (SSSR count). The summed E-state index contributed by atoms with van der Waals surface area (Å²) < 4.78 is 42.6. The van der Waals surface area contributed by atoms with Crippen molar-refractivity contribution in [2.24, 2.45) is 0 Å². The molecule has 0 bridgehead atoms. The van der Waals surface area contributed by atoms with Gasteiger partial charge < -0.3 is 10.1 Å². The van der Waals surface area contributed by atoms with Crippen molar-refractivity contribution < 1.29 is 22.7 Å². The van der Waals surface area contributed by atoms with Crippen molar-refractivity contribution >= 4 is 17.5 Å². The van der Waals surface area contributed by atoms with E-state index in [0.717, 1.165) is 11.1 Å². The number of aryl methyl sites for hydroxylation is 1. The zero-order valence-corrected chi connectivity index (χ0v) is 17.5. The molecule has 1 amide bonds. The van der Waals surface area contributed by atoms with E-state index in [1.807, 2.05) is 30.3 Å². The van der Waals surface area contributed by atoms with Crippen molar-refractivity contribution in [3.05, 3.63) is 87.7 Å². The maximum atomic E-state index is 12.7. The predicted molar refractivity (Wildman–Crippen MR) is 111 cm³/mol. The topological polar surface area (TPSA) is 56.2 Å². The Balaban J connectivity index is 1.57. The number of carbonyl (C=O) groups is 1. The summed E-state index contributed by atoms with van der Waals surface area (Å²) in [6.07, 6.45) is -4.35. The smallest absolute Gasteiger partial charge is 0.367 e. The van der Waals surface area contributed by atoms with Crippen LogP contribution in [0.5, 0.6) is 0 Å². The van der Waals surface area contributed by atoms with Crippen LogP contribution in [0.3, 0.4) is 0 Å². The van der Waals surface area contributed by atoms with Gasteiger partial charge in [0.15, 0.2) is 0 Å². The molecule has 0 unspecified atom stereocenters. The number of hydrogen-bond donors (Lipinski definition) is 1. The van der Waals surface area contributed by atoms with Crippen LogP contribution in [0.25, 0.3) is 0 Å². The van der Waals surface area contributed by atoms with Crippen LogP contribution in [-0.4, -0.2) is 28.5 Å². The molecule has 0 saturated heterocycles. The molecule has 0 fully saturated rings. The van der Waals surface area contributed by atoms with E-state index >= 15 is 0 Å². The van der Waals surface area contributed by atoms with E-state index in [1.54, 1.807) is 35.9 Å². The molecule has 9 heteroatoms. The highest BCUT2D eigenvalue weighted by Crippen LogP contribution is 2.21. The maximum Gasteiger partial charge on any atom is 0.411 e. The number of rotatable bonds is 8. The van der Waals surface area contributed by atoms with E-state index < -0.39 is 12.8 Å². The molecule has 0 aliphatic heterocycles. The van der Waals surface area contributed by atoms with Crippen LogP contribution in [-0.2, 0) is 24.4 Å². The zero-order valence-electron chi connectivity index (χ0n) is 16.7. The Morgan fingerprint density at radius 3 is 2.35 bits per heavy atom. The minimum atomic E-state index is -4.35. The van der Waals surface area contributed by atoms with E-state index in [9.17, 15) is 18.0 Å². The fraction of sp³-hybridized carbons (Fsp3) is 0.273. The highest BCUT2D eigenvalue weighted by atomic mass is 35.5. The Bertz CT molecular complexity index is 1020. The number of amides is 1. The van der Waals surface area contributed by atoms with Gasteiger partial charge in [-0.05, 0) is 23.6 Å². The van der Waals surface area contributed by atoms with Gasteiger partial charge in [-0.3, -0.25) is 4.79 Å². The van der Waals surface area contributed by atoms with Crippen molar-refractivity contribution in [1.82, 2.24) is 15.1 Å². The fourth-order valence-corrected chi connectivity index (χ4v) is 3.30. The number of benzene rings is 2. The lowest BCUT2D eigenvalue weighted by Crippen LogP contribution is -2.23. The van der Waals surface area contributed by atoms with Crippen molar-refractivity contribution in [1.29, 1.82) is 0 Å². The number of ether oxygens (including phenoxy) is 1. The first kappa shape index (κ1) is 22.8. The largest absolute Gasteiger partial charge is 0.411 e. The average Bonchev–Trinajstić information content (AvgIpc) is 3.00. The molecule has 3 aromatic rings. The van der Waals surface area contributed by atoms with E-state index in [0.29, 0.717) is 23.4 Å². The summed E-state index contributed by atoms with van der Waals surface area (Å²) >= 11 is 6.40. The van der Waals surface area contributed by atoms with Crippen molar-refractivity contribution in [3.63, 3.8) is 0 Å². The molecule has 164 valence electrons. The first-order valence-corrected chi connectivity index (χ1v) is 9.88. The van der Waals surface area contributed by atoms with Gasteiger partial charge in [0.2, 0.25) is 0 Å². The zero-order chi connectivity index (χ0) is 22.4. The van der Waals surface area contributed by atoms with Gasteiger partial charge >= 0.3 is 6.18 Å². The van der Waals surface area contributed by atoms with Crippen molar-refractivity contribution in [2.45, 2.75) is 32.8 Å². The van der Waals surface area contributed by atoms with Crippen LogP contribution in [0.2, 0.25) is 5.15 Å². The van der Waals surface area contributed by atoms with Gasteiger partial charge in [0.25, 0.3) is 5.91 Å². The second-order valence-corrected chi connectivity index (χ2v) is 7.36. The summed E-state index contributed by atoms with van der Waals surface area (Å²) in [5, 5.41) is 7.43. The Hall–Kier alpha value is -2.84. The van der Waals surface area contributed by atoms with Crippen LogP contribution in [0.15, 0.2) is 54.6 Å². The monoisotopic (exact) mass is 451 g/mol. The molecule has 1 aromatic heterocycles. The molecular weight excluding hydrogens is 431 g/mol.